The Bertz CT molecular complexity index is 578. The Kier molecular flexibility index (Phi) is 6.79. The average Bonchev–Trinajstić information content (AvgIpc) is 2.61. The molecule has 0 N–H and O–H groups in total. The van der Waals surface area contributed by atoms with Gasteiger partial charge in [-0.3, -0.25) is 0 Å². The summed E-state index contributed by atoms with van der Waals surface area (Å²) in [6.07, 6.45) is 1.98. The highest BCUT2D eigenvalue weighted by molar-refractivity contribution is 5.39. The topological polar surface area (TPSA) is 27.7 Å². The molecule has 0 heterocycles. The summed E-state index contributed by atoms with van der Waals surface area (Å²) in [6.45, 7) is 5.69. The molecule has 0 bridgehead atoms. The number of methoxy groups -OCH3 is 1. The van der Waals surface area contributed by atoms with Gasteiger partial charge in [-0.05, 0) is 42.2 Å². The Hall–Kier alpha value is -2.16. The van der Waals surface area contributed by atoms with E-state index in [0.29, 0.717) is 19.1 Å². The zero-order valence-corrected chi connectivity index (χ0v) is 14.2. The number of hydrogen-bond acceptors (Lipinski definition) is 3. The maximum Gasteiger partial charge on any atom is 0.161 e. The quantitative estimate of drug-likeness (QED) is 0.606. The van der Waals surface area contributed by atoms with E-state index in [0.717, 1.165) is 30.1 Å². The second-order valence-corrected chi connectivity index (χ2v) is 5.58. The Labute approximate surface area is 139 Å². The van der Waals surface area contributed by atoms with Crippen LogP contribution in [0.5, 0.6) is 17.2 Å². The molecule has 0 radical (unpaired) electrons. The molecular formula is C20H26O3. The molecule has 0 unspecified atom stereocenters. The van der Waals surface area contributed by atoms with Crippen LogP contribution in [0.25, 0.3) is 0 Å². The van der Waals surface area contributed by atoms with Gasteiger partial charge in [0.1, 0.15) is 5.75 Å². The van der Waals surface area contributed by atoms with Gasteiger partial charge < -0.3 is 14.2 Å². The first-order valence-corrected chi connectivity index (χ1v) is 8.23. The van der Waals surface area contributed by atoms with Crippen molar-refractivity contribution in [2.75, 3.05) is 20.3 Å². The summed E-state index contributed by atoms with van der Waals surface area (Å²) < 4.78 is 16.7. The summed E-state index contributed by atoms with van der Waals surface area (Å²) in [5.41, 5.74) is 1.36. The van der Waals surface area contributed by atoms with Gasteiger partial charge in [0, 0.05) is 6.42 Å². The number of hydrogen-bond donors (Lipinski definition) is 0. The number of rotatable bonds is 9. The summed E-state index contributed by atoms with van der Waals surface area (Å²) in [7, 11) is 1.65. The van der Waals surface area contributed by atoms with Gasteiger partial charge in [-0.1, -0.05) is 38.1 Å². The molecule has 0 saturated heterocycles. The van der Waals surface area contributed by atoms with Gasteiger partial charge in [0.25, 0.3) is 0 Å². The van der Waals surface area contributed by atoms with Crippen molar-refractivity contribution in [1.29, 1.82) is 0 Å². The van der Waals surface area contributed by atoms with Crippen molar-refractivity contribution in [1.82, 2.24) is 0 Å². The first-order valence-electron chi connectivity index (χ1n) is 8.23. The third-order valence-corrected chi connectivity index (χ3v) is 3.95. The van der Waals surface area contributed by atoms with Gasteiger partial charge in [0.2, 0.25) is 0 Å². The van der Waals surface area contributed by atoms with Crippen LogP contribution in [0.2, 0.25) is 0 Å². The van der Waals surface area contributed by atoms with E-state index in [1.165, 1.54) is 5.56 Å². The largest absolute Gasteiger partial charge is 0.493 e. The predicted molar refractivity (Wildman–Crippen MR) is 93.7 cm³/mol. The number of ether oxygens (including phenoxy) is 3. The minimum atomic E-state index is 0.596. The van der Waals surface area contributed by atoms with Crippen LogP contribution in [0.1, 0.15) is 38.2 Å². The average molecular weight is 314 g/mol. The van der Waals surface area contributed by atoms with Gasteiger partial charge in [-0.25, -0.2) is 0 Å². The Balaban J connectivity index is 1.71. The predicted octanol–water partition coefficient (Wildman–Crippen LogP) is 5.06. The molecule has 0 spiro atoms. The zero-order valence-electron chi connectivity index (χ0n) is 14.2. The lowest BCUT2D eigenvalue weighted by atomic mass is 9.99. The van der Waals surface area contributed by atoms with Crippen LogP contribution in [-0.2, 0) is 0 Å². The zero-order chi connectivity index (χ0) is 16.5. The van der Waals surface area contributed by atoms with Crippen LogP contribution in [-0.4, -0.2) is 20.3 Å². The second-order valence-electron chi connectivity index (χ2n) is 5.58. The van der Waals surface area contributed by atoms with Gasteiger partial charge in [0.05, 0.1) is 20.3 Å². The molecule has 23 heavy (non-hydrogen) atoms. The summed E-state index contributed by atoms with van der Waals surface area (Å²) >= 11 is 0. The fourth-order valence-corrected chi connectivity index (χ4v) is 2.30. The molecule has 3 nitrogen and oxygen atoms in total. The van der Waals surface area contributed by atoms with Crippen LogP contribution in [0.4, 0.5) is 0 Å². The monoisotopic (exact) mass is 314 g/mol. The van der Waals surface area contributed by atoms with Crippen LogP contribution < -0.4 is 14.2 Å². The number of benzene rings is 2. The summed E-state index contributed by atoms with van der Waals surface area (Å²) in [5, 5.41) is 0. The molecule has 0 fully saturated rings. The third kappa shape index (κ3) is 5.20. The molecule has 2 aromatic rings. The van der Waals surface area contributed by atoms with Crippen LogP contribution in [0.15, 0.2) is 48.5 Å². The first kappa shape index (κ1) is 17.2. The Morgan fingerprint density at radius 2 is 1.52 bits per heavy atom. The van der Waals surface area contributed by atoms with E-state index in [4.69, 9.17) is 14.2 Å². The highest BCUT2D eigenvalue weighted by Gasteiger charge is 2.04. The van der Waals surface area contributed by atoms with E-state index < -0.39 is 0 Å². The molecule has 3 heteroatoms. The van der Waals surface area contributed by atoms with Crippen molar-refractivity contribution in [2.24, 2.45) is 0 Å². The van der Waals surface area contributed by atoms with Crippen LogP contribution >= 0.6 is 0 Å². The maximum absolute atomic E-state index is 5.76. The fraction of sp³-hybridized carbons (Fsp3) is 0.400. The first-order chi connectivity index (χ1) is 11.2. The lowest BCUT2D eigenvalue weighted by molar-refractivity contribution is 0.240. The third-order valence-electron chi connectivity index (χ3n) is 3.95. The van der Waals surface area contributed by atoms with Gasteiger partial charge in [-0.15, -0.1) is 0 Å². The van der Waals surface area contributed by atoms with Crippen molar-refractivity contribution in [2.45, 2.75) is 32.6 Å². The lowest BCUT2D eigenvalue weighted by Crippen LogP contribution is -2.05. The molecule has 0 amide bonds. The van der Waals surface area contributed by atoms with Crippen LogP contribution in [0.3, 0.4) is 0 Å². The standard InChI is InChI=1S/C20H26O3/c1-4-16(2)17-10-12-18(13-11-17)22-14-7-15-23-20-9-6-5-8-19(20)21-3/h5-6,8-13,16H,4,7,14-15H2,1-3H3/t16-/m1/s1. The molecule has 2 rings (SSSR count). The summed E-state index contributed by atoms with van der Waals surface area (Å²) in [4.78, 5) is 0. The SMILES string of the molecule is CC[C@@H](C)c1ccc(OCCCOc2ccccc2OC)cc1. The van der Waals surface area contributed by atoms with Crippen molar-refractivity contribution in [3.63, 3.8) is 0 Å². The molecule has 0 saturated carbocycles. The molecule has 2 aromatic carbocycles. The van der Waals surface area contributed by atoms with Gasteiger partial charge >= 0.3 is 0 Å². The molecule has 1 atom stereocenters. The maximum atomic E-state index is 5.76. The van der Waals surface area contributed by atoms with Crippen molar-refractivity contribution in [3.05, 3.63) is 54.1 Å². The normalized spacial score (nSPS) is 11.8. The van der Waals surface area contributed by atoms with E-state index in [1.807, 2.05) is 36.4 Å². The summed E-state index contributed by atoms with van der Waals surface area (Å²) in [5.74, 6) is 3.04. The second kappa shape index (κ2) is 9.09. The molecule has 0 aromatic heterocycles. The molecule has 124 valence electrons. The minimum absolute atomic E-state index is 0.596. The van der Waals surface area contributed by atoms with Crippen molar-refractivity contribution < 1.29 is 14.2 Å². The van der Waals surface area contributed by atoms with Crippen LogP contribution in [0, 0.1) is 0 Å². The van der Waals surface area contributed by atoms with Crippen molar-refractivity contribution in [3.8, 4) is 17.2 Å². The molecule has 0 aliphatic heterocycles. The molecule has 0 aliphatic rings. The Morgan fingerprint density at radius 1 is 0.870 bits per heavy atom. The number of para-hydroxylation sites is 2. The smallest absolute Gasteiger partial charge is 0.161 e. The molecular weight excluding hydrogens is 288 g/mol. The Morgan fingerprint density at radius 3 is 2.17 bits per heavy atom. The van der Waals surface area contributed by atoms with E-state index >= 15 is 0 Å². The van der Waals surface area contributed by atoms with Gasteiger partial charge in [-0.2, -0.15) is 0 Å². The molecule has 0 aliphatic carbocycles. The van der Waals surface area contributed by atoms with E-state index in [-0.39, 0.29) is 0 Å². The summed E-state index contributed by atoms with van der Waals surface area (Å²) in [6, 6.07) is 16.1. The highest BCUT2D eigenvalue weighted by atomic mass is 16.5. The van der Waals surface area contributed by atoms with E-state index in [9.17, 15) is 0 Å². The lowest BCUT2D eigenvalue weighted by Gasteiger charge is -2.12. The van der Waals surface area contributed by atoms with Gasteiger partial charge in [0.15, 0.2) is 11.5 Å². The minimum Gasteiger partial charge on any atom is -0.493 e. The van der Waals surface area contributed by atoms with E-state index in [2.05, 4.69) is 26.0 Å². The van der Waals surface area contributed by atoms with E-state index in [1.54, 1.807) is 7.11 Å². The highest BCUT2D eigenvalue weighted by Crippen LogP contribution is 2.26. The fourth-order valence-electron chi connectivity index (χ4n) is 2.30. The van der Waals surface area contributed by atoms with Crippen molar-refractivity contribution >= 4 is 0 Å².